The van der Waals surface area contributed by atoms with E-state index in [2.05, 4.69) is 127 Å². The fourth-order valence-corrected chi connectivity index (χ4v) is 11.8. The molecule has 0 spiro atoms. The van der Waals surface area contributed by atoms with Crippen molar-refractivity contribution in [2.45, 2.75) is 38.3 Å². The maximum atomic E-state index is 14.6. The van der Waals surface area contributed by atoms with Gasteiger partial charge in [-0.05, 0) is 69.3 Å². The number of pyridine rings is 2. The number of benzene rings is 4. The van der Waals surface area contributed by atoms with Crippen molar-refractivity contribution in [1.82, 2.24) is 19.8 Å². The topological polar surface area (TPSA) is 66.4 Å². The van der Waals surface area contributed by atoms with Gasteiger partial charge in [-0.25, -0.2) is 0 Å². The summed E-state index contributed by atoms with van der Waals surface area (Å²) in [5.41, 5.74) is 9.76. The first-order valence-corrected chi connectivity index (χ1v) is 21.9. The van der Waals surface area contributed by atoms with Crippen LogP contribution in [0.3, 0.4) is 0 Å². The van der Waals surface area contributed by atoms with Crippen LogP contribution in [0.5, 0.6) is 0 Å². The Morgan fingerprint density at radius 2 is 1.17 bits per heavy atom. The van der Waals surface area contributed by atoms with E-state index in [1.807, 2.05) is 46.7 Å². The molecule has 2 amide bonds. The van der Waals surface area contributed by atoms with E-state index in [1.165, 1.54) is 32.5 Å². The molecule has 6 heterocycles. The molecule has 2 atom stereocenters. The van der Waals surface area contributed by atoms with Gasteiger partial charge in [0.2, 0.25) is 11.8 Å². The van der Waals surface area contributed by atoms with Crippen LogP contribution in [0.2, 0.25) is 0 Å². The summed E-state index contributed by atoms with van der Waals surface area (Å²) in [5, 5.41) is 4.47. The molecule has 2 aliphatic rings. The molecule has 10 rings (SSSR count). The van der Waals surface area contributed by atoms with Gasteiger partial charge < -0.3 is 9.80 Å². The van der Waals surface area contributed by atoms with E-state index in [9.17, 15) is 9.59 Å². The van der Waals surface area contributed by atoms with Crippen LogP contribution in [0.25, 0.3) is 43.8 Å². The Bertz CT molecular complexity index is 3000. The zero-order valence-electron chi connectivity index (χ0n) is 33.3. The molecule has 294 valence electrons. The van der Waals surface area contributed by atoms with Crippen molar-refractivity contribution in [2.75, 3.05) is 13.1 Å². The van der Waals surface area contributed by atoms with Crippen LogP contribution < -0.4 is 0 Å². The number of fused-ring (bicyclic) bond motifs is 4. The van der Waals surface area contributed by atoms with E-state index < -0.39 is 0 Å². The van der Waals surface area contributed by atoms with Crippen LogP contribution in [-0.4, -0.2) is 44.7 Å². The Morgan fingerprint density at radius 1 is 0.650 bits per heavy atom. The highest BCUT2D eigenvalue weighted by atomic mass is 32.1. The lowest BCUT2D eigenvalue weighted by Gasteiger charge is -2.34. The van der Waals surface area contributed by atoms with E-state index in [0.29, 0.717) is 38.2 Å². The largest absolute Gasteiger partial charge is 0.333 e. The van der Waals surface area contributed by atoms with E-state index in [-0.39, 0.29) is 23.7 Å². The molecule has 0 radical (unpaired) electrons. The van der Waals surface area contributed by atoms with Gasteiger partial charge in [0.25, 0.3) is 0 Å². The first-order valence-electron chi connectivity index (χ1n) is 20.3. The number of carbonyl (C=O) groups excluding carboxylic acids is 2. The Labute approximate surface area is 357 Å². The van der Waals surface area contributed by atoms with Crippen LogP contribution in [-0.2, 0) is 29.1 Å². The number of thiophene rings is 2. The minimum absolute atomic E-state index is 0.00851. The number of hydrogen-bond acceptors (Lipinski definition) is 6. The van der Waals surface area contributed by atoms with E-state index in [1.54, 1.807) is 22.7 Å². The van der Waals surface area contributed by atoms with Gasteiger partial charge in [-0.15, -0.1) is 22.7 Å². The fraction of sp³-hybridized carbons (Fsp3) is 0.154. The quantitative estimate of drug-likeness (QED) is 0.143. The Morgan fingerprint density at radius 3 is 1.78 bits per heavy atom. The lowest BCUT2D eigenvalue weighted by atomic mass is 9.83. The van der Waals surface area contributed by atoms with Crippen LogP contribution in [0.15, 0.2) is 159 Å². The standard InChI is InChI=1S/C52H42N4O2S2/c1-4-51(57)55-28-47(41-19-11-9-17-39(41)45-26-53-24-34-13-5-7-15-37(34)45)44-23-36(60-50(44)30-55)21-32(2)52(58)56-29-48(43-22-33(3)59-49(43)31-56)42-20-12-10-18-40(42)46-27-54-25-35-14-6-8-16-38(35)46/h4-20,22-27,47-48H,1-2,21,28-31H2,3H3/t47-,48+/m0/s1. The summed E-state index contributed by atoms with van der Waals surface area (Å²) in [6.45, 7) is 12.5. The van der Waals surface area contributed by atoms with E-state index in [0.717, 1.165) is 59.1 Å². The molecule has 0 fully saturated rings. The van der Waals surface area contributed by atoms with Crippen molar-refractivity contribution < 1.29 is 9.59 Å². The summed E-state index contributed by atoms with van der Waals surface area (Å²) in [6, 6.07) is 38.3. The molecule has 0 bridgehead atoms. The van der Waals surface area contributed by atoms with Crippen molar-refractivity contribution in [3.05, 3.63) is 201 Å². The number of hydrogen-bond donors (Lipinski definition) is 0. The predicted octanol–water partition coefficient (Wildman–Crippen LogP) is 11.5. The van der Waals surface area contributed by atoms with Gasteiger partial charge in [-0.2, -0.15) is 0 Å². The minimum atomic E-state index is -0.0920. The molecule has 4 aromatic heterocycles. The molecule has 8 heteroatoms. The van der Waals surface area contributed by atoms with Crippen molar-refractivity contribution in [3.8, 4) is 22.3 Å². The van der Waals surface area contributed by atoms with Crippen molar-refractivity contribution >= 4 is 56.0 Å². The Balaban J connectivity index is 0.964. The summed E-state index contributed by atoms with van der Waals surface area (Å²) in [7, 11) is 0. The molecular formula is C52H42N4O2S2. The van der Waals surface area contributed by atoms with Gasteiger partial charge in [0.1, 0.15) is 0 Å². The fourth-order valence-electron chi connectivity index (χ4n) is 9.37. The average Bonchev–Trinajstić information content (AvgIpc) is 3.89. The van der Waals surface area contributed by atoms with Crippen molar-refractivity contribution in [1.29, 1.82) is 0 Å². The van der Waals surface area contributed by atoms with Gasteiger partial charge in [0.15, 0.2) is 0 Å². The third kappa shape index (κ3) is 6.76. The molecule has 0 N–H and O–H groups in total. The van der Waals surface area contributed by atoms with Crippen LogP contribution >= 0.6 is 22.7 Å². The smallest absolute Gasteiger partial charge is 0.249 e. The average molecular weight is 819 g/mol. The SMILES string of the molecule is C=CC(=O)N1Cc2sc(CC(=C)C(=O)N3Cc4sc(C)cc4[C@@H](c4ccccc4-c4cncc5ccccc45)C3)cc2[C@H](c2ccccc2-c2cncc3ccccc23)C1. The molecule has 8 aromatic rings. The van der Waals surface area contributed by atoms with Gasteiger partial charge in [-0.3, -0.25) is 19.6 Å². The highest BCUT2D eigenvalue weighted by Crippen LogP contribution is 2.45. The molecule has 0 aliphatic carbocycles. The van der Waals surface area contributed by atoms with Gasteiger partial charge >= 0.3 is 0 Å². The van der Waals surface area contributed by atoms with Crippen molar-refractivity contribution in [2.24, 2.45) is 0 Å². The number of carbonyl (C=O) groups is 2. The summed E-state index contributed by atoms with van der Waals surface area (Å²) >= 11 is 3.45. The highest BCUT2D eigenvalue weighted by Gasteiger charge is 2.35. The Hall–Kier alpha value is -6.48. The van der Waals surface area contributed by atoms with Crippen LogP contribution in [0, 0.1) is 6.92 Å². The van der Waals surface area contributed by atoms with E-state index >= 15 is 0 Å². The summed E-state index contributed by atoms with van der Waals surface area (Å²) in [6.07, 6.45) is 9.56. The molecular weight excluding hydrogens is 777 g/mol. The predicted molar refractivity (Wildman–Crippen MR) is 245 cm³/mol. The molecule has 6 nitrogen and oxygen atoms in total. The normalized spacial score (nSPS) is 16.1. The zero-order chi connectivity index (χ0) is 40.9. The lowest BCUT2D eigenvalue weighted by Crippen LogP contribution is -2.39. The lowest BCUT2D eigenvalue weighted by molar-refractivity contribution is -0.128. The van der Waals surface area contributed by atoms with E-state index in [4.69, 9.17) is 0 Å². The Kier molecular flexibility index (Phi) is 9.82. The second kappa shape index (κ2) is 15.6. The molecule has 60 heavy (non-hydrogen) atoms. The summed E-state index contributed by atoms with van der Waals surface area (Å²) < 4.78 is 0. The van der Waals surface area contributed by atoms with Gasteiger partial charge in [-0.1, -0.05) is 110 Å². The second-order valence-electron chi connectivity index (χ2n) is 15.8. The summed E-state index contributed by atoms with van der Waals surface area (Å²) in [5.74, 6) is -0.209. The maximum absolute atomic E-state index is 14.6. The minimum Gasteiger partial charge on any atom is -0.333 e. The molecule has 0 unspecified atom stereocenters. The molecule has 4 aromatic carbocycles. The molecule has 0 saturated carbocycles. The third-order valence-corrected chi connectivity index (χ3v) is 14.3. The van der Waals surface area contributed by atoms with Gasteiger partial charge in [0.05, 0.1) is 13.1 Å². The zero-order valence-corrected chi connectivity index (χ0v) is 34.9. The molecule has 0 saturated heterocycles. The number of aryl methyl sites for hydroxylation is 1. The number of amides is 2. The number of aromatic nitrogens is 2. The van der Waals surface area contributed by atoms with Gasteiger partial charge in [0, 0.05) is 103 Å². The highest BCUT2D eigenvalue weighted by molar-refractivity contribution is 7.12. The van der Waals surface area contributed by atoms with Crippen LogP contribution in [0.4, 0.5) is 0 Å². The first-order chi connectivity index (χ1) is 29.3. The first kappa shape index (κ1) is 37.8. The van der Waals surface area contributed by atoms with Crippen molar-refractivity contribution in [3.63, 3.8) is 0 Å². The van der Waals surface area contributed by atoms with Crippen LogP contribution in [0.1, 0.15) is 53.6 Å². The maximum Gasteiger partial charge on any atom is 0.249 e. The third-order valence-electron chi connectivity index (χ3n) is 12.1. The number of rotatable bonds is 8. The number of nitrogens with zero attached hydrogens (tertiary/aromatic N) is 4. The second-order valence-corrected chi connectivity index (χ2v) is 18.4. The molecule has 2 aliphatic heterocycles. The summed E-state index contributed by atoms with van der Waals surface area (Å²) in [4.78, 5) is 45.6. The monoisotopic (exact) mass is 818 g/mol.